The number of allylic oxidation sites excluding steroid dienone is 1. The minimum absolute atomic E-state index is 0.0323. The maximum atomic E-state index is 5.78. The lowest BCUT2D eigenvalue weighted by molar-refractivity contribution is 0.672. The van der Waals surface area contributed by atoms with Crippen LogP contribution in [0.15, 0.2) is 36.9 Å². The Balaban J connectivity index is 3.04. The Morgan fingerprint density at radius 3 is 2.17 bits per heavy atom. The molecule has 1 rings (SSSR count). The first-order valence-corrected chi connectivity index (χ1v) is 4.34. The Kier molecular flexibility index (Phi) is 2.58. The molecule has 0 aromatic heterocycles. The van der Waals surface area contributed by atoms with Gasteiger partial charge in [0.25, 0.3) is 0 Å². The van der Waals surface area contributed by atoms with Gasteiger partial charge in [0.15, 0.2) is 0 Å². The number of halogens is 1. The van der Waals surface area contributed by atoms with Crippen molar-refractivity contribution in [2.75, 3.05) is 0 Å². The second-order valence-corrected chi connectivity index (χ2v) is 3.87. The first-order valence-electron chi connectivity index (χ1n) is 3.96. The third-order valence-corrected chi connectivity index (χ3v) is 2.35. The first kappa shape index (κ1) is 9.34. The van der Waals surface area contributed by atoms with E-state index in [1.165, 1.54) is 5.56 Å². The highest BCUT2D eigenvalue weighted by atomic mass is 35.5. The van der Waals surface area contributed by atoms with Gasteiger partial charge < -0.3 is 0 Å². The van der Waals surface area contributed by atoms with Gasteiger partial charge in [0.05, 0.1) is 0 Å². The van der Waals surface area contributed by atoms with Crippen molar-refractivity contribution in [1.29, 1.82) is 0 Å². The highest BCUT2D eigenvalue weighted by Crippen LogP contribution is 2.24. The van der Waals surface area contributed by atoms with Crippen LogP contribution in [0.5, 0.6) is 0 Å². The predicted molar refractivity (Wildman–Crippen MR) is 54.7 cm³/mol. The molecule has 0 amide bonds. The summed E-state index contributed by atoms with van der Waals surface area (Å²) >= 11 is 5.78. The van der Waals surface area contributed by atoms with Gasteiger partial charge in [-0.1, -0.05) is 43.7 Å². The summed E-state index contributed by atoms with van der Waals surface area (Å²) in [6.07, 6.45) is 1.94. The van der Waals surface area contributed by atoms with Crippen LogP contribution in [0.4, 0.5) is 0 Å². The fraction of sp³-hybridized carbons (Fsp3) is 0.273. The lowest BCUT2D eigenvalue weighted by Crippen LogP contribution is -2.12. The summed E-state index contributed by atoms with van der Waals surface area (Å²) in [6, 6.07) is 7.87. The summed E-state index contributed by atoms with van der Waals surface area (Å²) in [5.74, 6) is 0. The van der Waals surface area contributed by atoms with Crippen molar-refractivity contribution in [3.63, 3.8) is 0 Å². The zero-order valence-corrected chi connectivity index (χ0v) is 8.23. The third-order valence-electron chi connectivity index (χ3n) is 2.10. The molecular weight excluding hydrogens is 168 g/mol. The SMILES string of the molecule is C=CC(C)(C)c1ccc(Cl)cc1. The largest absolute Gasteiger partial charge is 0.102 e. The molecule has 0 N–H and O–H groups in total. The van der Waals surface area contributed by atoms with Crippen LogP contribution in [-0.2, 0) is 5.41 Å². The minimum atomic E-state index is 0.0323. The molecule has 0 unspecified atom stereocenters. The molecule has 0 aliphatic heterocycles. The van der Waals surface area contributed by atoms with Gasteiger partial charge in [-0.15, -0.1) is 6.58 Å². The fourth-order valence-corrected chi connectivity index (χ4v) is 1.12. The standard InChI is InChI=1S/C11H13Cl/c1-4-11(2,3)9-5-7-10(12)8-6-9/h4-8H,1H2,2-3H3. The third kappa shape index (κ3) is 1.89. The van der Waals surface area contributed by atoms with Crippen LogP contribution in [0.1, 0.15) is 19.4 Å². The molecule has 0 aliphatic carbocycles. The molecule has 0 fully saturated rings. The van der Waals surface area contributed by atoms with Crippen molar-refractivity contribution in [1.82, 2.24) is 0 Å². The lowest BCUT2D eigenvalue weighted by atomic mass is 9.85. The zero-order chi connectivity index (χ0) is 9.19. The average molecular weight is 181 g/mol. The molecule has 0 aliphatic rings. The van der Waals surface area contributed by atoms with Crippen LogP contribution in [0.2, 0.25) is 5.02 Å². The molecule has 12 heavy (non-hydrogen) atoms. The van der Waals surface area contributed by atoms with Gasteiger partial charge >= 0.3 is 0 Å². The second kappa shape index (κ2) is 3.32. The van der Waals surface area contributed by atoms with Crippen molar-refractivity contribution in [2.24, 2.45) is 0 Å². The maximum absolute atomic E-state index is 5.78. The van der Waals surface area contributed by atoms with Crippen molar-refractivity contribution in [3.8, 4) is 0 Å². The van der Waals surface area contributed by atoms with Gasteiger partial charge in [-0.05, 0) is 17.7 Å². The molecule has 0 spiro atoms. The Bertz CT molecular complexity index is 270. The van der Waals surface area contributed by atoms with Gasteiger partial charge in [-0.2, -0.15) is 0 Å². The molecule has 0 saturated heterocycles. The van der Waals surface area contributed by atoms with E-state index in [-0.39, 0.29) is 5.41 Å². The Hall–Kier alpha value is -0.750. The molecule has 0 saturated carbocycles. The summed E-state index contributed by atoms with van der Waals surface area (Å²) in [6.45, 7) is 8.05. The Morgan fingerprint density at radius 1 is 1.25 bits per heavy atom. The van der Waals surface area contributed by atoms with Gasteiger partial charge in [-0.25, -0.2) is 0 Å². The van der Waals surface area contributed by atoms with E-state index in [1.807, 2.05) is 30.3 Å². The molecule has 64 valence electrons. The van der Waals surface area contributed by atoms with E-state index in [4.69, 9.17) is 11.6 Å². The summed E-state index contributed by atoms with van der Waals surface area (Å²) in [7, 11) is 0. The molecule has 0 atom stereocenters. The molecule has 0 nitrogen and oxygen atoms in total. The highest BCUT2D eigenvalue weighted by Gasteiger charge is 2.14. The summed E-state index contributed by atoms with van der Waals surface area (Å²) in [4.78, 5) is 0. The zero-order valence-electron chi connectivity index (χ0n) is 7.47. The van der Waals surface area contributed by atoms with E-state index in [1.54, 1.807) is 0 Å². The molecule has 1 aromatic rings. The van der Waals surface area contributed by atoms with Crippen molar-refractivity contribution >= 4 is 11.6 Å². The van der Waals surface area contributed by atoms with Gasteiger partial charge in [0.1, 0.15) is 0 Å². The van der Waals surface area contributed by atoms with E-state index in [2.05, 4.69) is 20.4 Å². The number of hydrogen-bond acceptors (Lipinski definition) is 0. The van der Waals surface area contributed by atoms with Gasteiger partial charge in [0, 0.05) is 10.4 Å². The summed E-state index contributed by atoms with van der Waals surface area (Å²) in [5.41, 5.74) is 1.27. The van der Waals surface area contributed by atoms with Crippen LogP contribution < -0.4 is 0 Å². The van der Waals surface area contributed by atoms with Gasteiger partial charge in [-0.3, -0.25) is 0 Å². The average Bonchev–Trinajstić information content (AvgIpc) is 2.05. The molecule has 1 aromatic carbocycles. The summed E-state index contributed by atoms with van der Waals surface area (Å²) in [5, 5.41) is 0.776. The smallest absolute Gasteiger partial charge is 0.0406 e. The van der Waals surface area contributed by atoms with Crippen molar-refractivity contribution < 1.29 is 0 Å². The fourth-order valence-electron chi connectivity index (χ4n) is 0.997. The maximum Gasteiger partial charge on any atom is 0.0406 e. The van der Waals surface area contributed by atoms with E-state index in [9.17, 15) is 0 Å². The molecule has 1 heteroatoms. The van der Waals surface area contributed by atoms with Gasteiger partial charge in [0.2, 0.25) is 0 Å². The molecule has 0 radical (unpaired) electrons. The number of hydrogen-bond donors (Lipinski definition) is 0. The van der Waals surface area contributed by atoms with E-state index in [0.717, 1.165) is 5.02 Å². The lowest BCUT2D eigenvalue weighted by Gasteiger charge is -2.19. The molecule has 0 bridgehead atoms. The van der Waals surface area contributed by atoms with Crippen LogP contribution in [0.25, 0.3) is 0 Å². The Morgan fingerprint density at radius 2 is 1.75 bits per heavy atom. The predicted octanol–water partition coefficient (Wildman–Crippen LogP) is 3.80. The second-order valence-electron chi connectivity index (χ2n) is 3.43. The van der Waals surface area contributed by atoms with Crippen LogP contribution in [-0.4, -0.2) is 0 Å². The van der Waals surface area contributed by atoms with E-state index in [0.29, 0.717) is 0 Å². The van der Waals surface area contributed by atoms with Crippen LogP contribution in [0.3, 0.4) is 0 Å². The highest BCUT2D eigenvalue weighted by molar-refractivity contribution is 6.30. The van der Waals surface area contributed by atoms with Crippen molar-refractivity contribution in [2.45, 2.75) is 19.3 Å². The van der Waals surface area contributed by atoms with Crippen LogP contribution >= 0.6 is 11.6 Å². The monoisotopic (exact) mass is 180 g/mol. The normalized spacial score (nSPS) is 11.2. The van der Waals surface area contributed by atoms with E-state index < -0.39 is 0 Å². The number of rotatable bonds is 2. The van der Waals surface area contributed by atoms with Crippen LogP contribution in [0, 0.1) is 0 Å². The van der Waals surface area contributed by atoms with E-state index >= 15 is 0 Å². The number of benzene rings is 1. The summed E-state index contributed by atoms with van der Waals surface area (Å²) < 4.78 is 0. The topological polar surface area (TPSA) is 0 Å². The molecular formula is C11H13Cl. The first-order chi connectivity index (χ1) is 5.56. The Labute approximate surface area is 78.9 Å². The quantitative estimate of drug-likeness (QED) is 0.608. The molecule has 0 heterocycles. The minimum Gasteiger partial charge on any atom is -0.102 e. The van der Waals surface area contributed by atoms with Crippen molar-refractivity contribution in [3.05, 3.63) is 47.5 Å².